The molecule has 82 valence electrons. The first-order chi connectivity index (χ1) is 6.99. The molecule has 1 aromatic rings. The molecule has 1 amide bonds. The van der Waals surface area contributed by atoms with Gasteiger partial charge in [0.15, 0.2) is 0 Å². The summed E-state index contributed by atoms with van der Waals surface area (Å²) < 4.78 is 5.40. The van der Waals surface area contributed by atoms with Crippen molar-refractivity contribution in [1.29, 1.82) is 0 Å². The first-order valence-corrected chi connectivity index (χ1v) is 5.04. The number of hydrogen-bond acceptors (Lipinski definition) is 2. The maximum Gasteiger partial charge on any atom is 0.244 e. The zero-order valence-electron chi connectivity index (χ0n) is 9.63. The van der Waals surface area contributed by atoms with Crippen LogP contribution in [0.1, 0.15) is 30.9 Å². The quantitative estimate of drug-likeness (QED) is 0.773. The summed E-state index contributed by atoms with van der Waals surface area (Å²) in [5, 5.41) is 2.77. The van der Waals surface area contributed by atoms with Crippen LogP contribution in [-0.2, 0) is 4.79 Å². The molecule has 0 radical (unpaired) electrons. The predicted octanol–water partition coefficient (Wildman–Crippen LogP) is 2.43. The average Bonchev–Trinajstić information content (AvgIpc) is 2.42. The molecule has 1 N–H and O–H groups in total. The van der Waals surface area contributed by atoms with Crippen LogP contribution >= 0.6 is 0 Å². The molecule has 1 aromatic heterocycles. The van der Waals surface area contributed by atoms with Crippen molar-refractivity contribution in [1.82, 2.24) is 5.32 Å². The Bertz CT molecular complexity index is 355. The first-order valence-electron chi connectivity index (χ1n) is 5.04. The molecule has 3 nitrogen and oxygen atoms in total. The molecule has 15 heavy (non-hydrogen) atoms. The lowest BCUT2D eigenvalue weighted by Gasteiger charge is -2.03. The van der Waals surface area contributed by atoms with E-state index in [1.165, 1.54) is 6.08 Å². The van der Waals surface area contributed by atoms with Gasteiger partial charge in [0.25, 0.3) is 0 Å². The van der Waals surface area contributed by atoms with Gasteiger partial charge in [-0.1, -0.05) is 0 Å². The van der Waals surface area contributed by atoms with Crippen LogP contribution in [0.25, 0.3) is 6.08 Å². The Labute approximate surface area is 90.2 Å². The summed E-state index contributed by atoms with van der Waals surface area (Å²) in [6.07, 6.45) is 3.16. The normalized spacial score (nSPS) is 11.3. The van der Waals surface area contributed by atoms with Crippen LogP contribution in [0, 0.1) is 13.8 Å². The van der Waals surface area contributed by atoms with Gasteiger partial charge in [0.2, 0.25) is 5.91 Å². The third kappa shape index (κ3) is 3.62. The minimum Gasteiger partial charge on any atom is -0.462 e. The van der Waals surface area contributed by atoms with Crippen LogP contribution in [-0.4, -0.2) is 11.9 Å². The second-order valence-electron chi connectivity index (χ2n) is 3.88. The van der Waals surface area contributed by atoms with Crippen molar-refractivity contribution in [2.24, 2.45) is 0 Å². The molecule has 0 atom stereocenters. The number of nitrogens with one attached hydrogen (secondary N) is 1. The lowest BCUT2D eigenvalue weighted by atomic mass is 10.3. The zero-order valence-corrected chi connectivity index (χ0v) is 9.63. The van der Waals surface area contributed by atoms with Crippen molar-refractivity contribution < 1.29 is 9.21 Å². The fraction of sp³-hybridized carbons (Fsp3) is 0.417. The number of carbonyl (C=O) groups is 1. The minimum atomic E-state index is -0.100. The molecular formula is C12H17NO2. The molecule has 0 spiro atoms. The number of aryl methyl sites for hydroxylation is 2. The van der Waals surface area contributed by atoms with Gasteiger partial charge in [-0.25, -0.2) is 0 Å². The van der Waals surface area contributed by atoms with E-state index in [0.29, 0.717) is 5.76 Å². The Kier molecular flexibility index (Phi) is 3.72. The van der Waals surface area contributed by atoms with Crippen LogP contribution in [0.2, 0.25) is 0 Å². The largest absolute Gasteiger partial charge is 0.462 e. The molecule has 0 unspecified atom stereocenters. The van der Waals surface area contributed by atoms with E-state index in [2.05, 4.69) is 5.32 Å². The Morgan fingerprint density at radius 3 is 2.60 bits per heavy atom. The summed E-state index contributed by atoms with van der Waals surface area (Å²) in [5.41, 5.74) is 1.10. The molecule has 3 heteroatoms. The van der Waals surface area contributed by atoms with Crippen LogP contribution in [0.5, 0.6) is 0 Å². The van der Waals surface area contributed by atoms with Crippen molar-refractivity contribution in [2.45, 2.75) is 33.7 Å². The highest BCUT2D eigenvalue weighted by Crippen LogP contribution is 2.14. The molecule has 0 aliphatic rings. The van der Waals surface area contributed by atoms with Gasteiger partial charge in [-0.2, -0.15) is 0 Å². The molecule has 0 aromatic carbocycles. The van der Waals surface area contributed by atoms with Gasteiger partial charge in [0.05, 0.1) is 0 Å². The van der Waals surface area contributed by atoms with Crippen molar-refractivity contribution >= 4 is 12.0 Å². The molecule has 0 saturated heterocycles. The van der Waals surface area contributed by atoms with Crippen LogP contribution in [0.15, 0.2) is 16.6 Å². The Morgan fingerprint density at radius 1 is 1.47 bits per heavy atom. The van der Waals surface area contributed by atoms with E-state index >= 15 is 0 Å². The van der Waals surface area contributed by atoms with Crippen molar-refractivity contribution in [3.05, 3.63) is 29.2 Å². The highest BCUT2D eigenvalue weighted by Gasteiger charge is 2.01. The molecular weight excluding hydrogens is 190 g/mol. The molecule has 0 bridgehead atoms. The molecule has 0 saturated carbocycles. The third-order valence-corrected chi connectivity index (χ3v) is 2.01. The fourth-order valence-electron chi connectivity index (χ4n) is 1.17. The standard InChI is InChI=1S/C12H17NO2/c1-8(2)13-12(14)6-5-11-7-9(3)10(4)15-11/h5-8H,1-4H3,(H,13,14)/b6-5+. The molecule has 0 fully saturated rings. The maximum atomic E-state index is 11.3. The van der Waals surface area contributed by atoms with E-state index in [1.807, 2.05) is 33.8 Å². The van der Waals surface area contributed by atoms with E-state index in [1.54, 1.807) is 6.08 Å². The lowest BCUT2D eigenvalue weighted by molar-refractivity contribution is -0.116. The first kappa shape index (κ1) is 11.6. The van der Waals surface area contributed by atoms with Gasteiger partial charge < -0.3 is 9.73 Å². The second-order valence-corrected chi connectivity index (χ2v) is 3.88. The average molecular weight is 207 g/mol. The van der Waals surface area contributed by atoms with Gasteiger partial charge in [-0.3, -0.25) is 4.79 Å². The van der Waals surface area contributed by atoms with E-state index in [-0.39, 0.29) is 11.9 Å². The van der Waals surface area contributed by atoms with Crippen LogP contribution in [0.3, 0.4) is 0 Å². The summed E-state index contributed by atoms with van der Waals surface area (Å²) in [6.45, 7) is 7.73. The third-order valence-electron chi connectivity index (χ3n) is 2.01. The highest BCUT2D eigenvalue weighted by atomic mass is 16.3. The van der Waals surface area contributed by atoms with Gasteiger partial charge in [0, 0.05) is 12.1 Å². The minimum absolute atomic E-state index is 0.100. The zero-order chi connectivity index (χ0) is 11.4. The summed E-state index contributed by atoms with van der Waals surface area (Å²) >= 11 is 0. The topological polar surface area (TPSA) is 42.2 Å². The van der Waals surface area contributed by atoms with E-state index < -0.39 is 0 Å². The van der Waals surface area contributed by atoms with Gasteiger partial charge in [-0.15, -0.1) is 0 Å². The lowest BCUT2D eigenvalue weighted by Crippen LogP contribution is -2.28. The Balaban J connectivity index is 2.61. The van der Waals surface area contributed by atoms with Crippen LogP contribution in [0.4, 0.5) is 0 Å². The smallest absolute Gasteiger partial charge is 0.244 e. The summed E-state index contributed by atoms with van der Waals surface area (Å²) in [6, 6.07) is 2.07. The van der Waals surface area contributed by atoms with Crippen molar-refractivity contribution in [3.63, 3.8) is 0 Å². The van der Waals surface area contributed by atoms with Gasteiger partial charge in [-0.05, 0) is 45.4 Å². The molecule has 0 aliphatic carbocycles. The van der Waals surface area contributed by atoms with Crippen molar-refractivity contribution in [2.75, 3.05) is 0 Å². The van der Waals surface area contributed by atoms with E-state index in [0.717, 1.165) is 11.3 Å². The van der Waals surface area contributed by atoms with Gasteiger partial charge >= 0.3 is 0 Å². The Morgan fingerprint density at radius 2 is 2.13 bits per heavy atom. The monoisotopic (exact) mass is 207 g/mol. The molecule has 0 aliphatic heterocycles. The molecule has 1 heterocycles. The summed E-state index contributed by atoms with van der Waals surface area (Å²) in [5.74, 6) is 1.50. The summed E-state index contributed by atoms with van der Waals surface area (Å²) in [7, 11) is 0. The number of hydrogen-bond donors (Lipinski definition) is 1. The molecule has 1 rings (SSSR count). The predicted molar refractivity (Wildman–Crippen MR) is 60.5 cm³/mol. The number of amides is 1. The number of rotatable bonds is 3. The van der Waals surface area contributed by atoms with Gasteiger partial charge in [0.1, 0.15) is 11.5 Å². The second kappa shape index (κ2) is 4.82. The van der Waals surface area contributed by atoms with E-state index in [9.17, 15) is 4.79 Å². The number of furan rings is 1. The fourth-order valence-corrected chi connectivity index (χ4v) is 1.17. The number of carbonyl (C=O) groups excluding carboxylic acids is 1. The van der Waals surface area contributed by atoms with Crippen molar-refractivity contribution in [3.8, 4) is 0 Å². The maximum absolute atomic E-state index is 11.3. The highest BCUT2D eigenvalue weighted by molar-refractivity contribution is 5.91. The summed E-state index contributed by atoms with van der Waals surface area (Å²) in [4.78, 5) is 11.3. The SMILES string of the molecule is Cc1cc(/C=C/C(=O)NC(C)C)oc1C. The Hall–Kier alpha value is -1.51. The van der Waals surface area contributed by atoms with Crippen LogP contribution < -0.4 is 5.32 Å². The van der Waals surface area contributed by atoms with E-state index in [4.69, 9.17) is 4.42 Å².